The standard InChI is InChI=1S/C22H26O6S2/c1-5-25-21(23)13-27-19-9-7-17(11-15(19)3)29-30-18-8-10-20(16(4)12-18)28-14-22(24)26-6-2/h7-12H,5-6,13-14H2,1-4H3. The molecule has 162 valence electrons. The molecule has 0 unspecified atom stereocenters. The molecule has 2 aromatic rings. The summed E-state index contributed by atoms with van der Waals surface area (Å²) in [6.45, 7) is 7.89. The lowest BCUT2D eigenvalue weighted by Gasteiger charge is -2.11. The van der Waals surface area contributed by atoms with Gasteiger partial charge in [0, 0.05) is 9.79 Å². The number of aryl methyl sites for hydroxylation is 2. The average Bonchev–Trinajstić information content (AvgIpc) is 2.71. The van der Waals surface area contributed by atoms with Gasteiger partial charge < -0.3 is 18.9 Å². The lowest BCUT2D eigenvalue weighted by Crippen LogP contribution is -2.14. The van der Waals surface area contributed by atoms with Crippen LogP contribution in [0.2, 0.25) is 0 Å². The number of esters is 2. The maximum Gasteiger partial charge on any atom is 0.344 e. The number of carbonyl (C=O) groups is 2. The van der Waals surface area contributed by atoms with Crippen molar-refractivity contribution >= 4 is 33.5 Å². The van der Waals surface area contributed by atoms with Crippen LogP contribution in [-0.4, -0.2) is 38.4 Å². The van der Waals surface area contributed by atoms with Crippen molar-refractivity contribution in [2.75, 3.05) is 26.4 Å². The van der Waals surface area contributed by atoms with Crippen LogP contribution in [0, 0.1) is 13.8 Å². The van der Waals surface area contributed by atoms with E-state index in [1.165, 1.54) is 0 Å². The summed E-state index contributed by atoms with van der Waals surface area (Å²) >= 11 is 0. The number of ether oxygens (including phenoxy) is 4. The minimum absolute atomic E-state index is 0.0974. The summed E-state index contributed by atoms with van der Waals surface area (Å²) in [5.41, 5.74) is 1.90. The van der Waals surface area contributed by atoms with Crippen LogP contribution in [0.1, 0.15) is 25.0 Å². The van der Waals surface area contributed by atoms with E-state index in [2.05, 4.69) is 0 Å². The fourth-order valence-corrected chi connectivity index (χ4v) is 4.54. The summed E-state index contributed by atoms with van der Waals surface area (Å²) in [7, 11) is 3.25. The van der Waals surface area contributed by atoms with Gasteiger partial charge >= 0.3 is 11.9 Å². The first-order valence-corrected chi connectivity index (χ1v) is 11.7. The van der Waals surface area contributed by atoms with Gasteiger partial charge in [-0.1, -0.05) is 21.6 Å². The Hall–Kier alpha value is -2.32. The van der Waals surface area contributed by atoms with Gasteiger partial charge in [-0.15, -0.1) is 0 Å². The Balaban J connectivity index is 1.89. The molecule has 0 aromatic heterocycles. The Kier molecular flexibility index (Phi) is 9.89. The van der Waals surface area contributed by atoms with Crippen LogP contribution in [0.3, 0.4) is 0 Å². The summed E-state index contributed by atoms with van der Waals surface area (Å²) in [5, 5.41) is 0. The van der Waals surface area contributed by atoms with Gasteiger partial charge in [-0.3, -0.25) is 0 Å². The second kappa shape index (κ2) is 12.4. The highest BCUT2D eigenvalue weighted by molar-refractivity contribution is 8.76. The monoisotopic (exact) mass is 450 g/mol. The largest absolute Gasteiger partial charge is 0.482 e. The van der Waals surface area contributed by atoms with E-state index < -0.39 is 0 Å². The molecule has 0 aliphatic rings. The minimum Gasteiger partial charge on any atom is -0.482 e. The third-order valence-corrected chi connectivity index (χ3v) is 6.21. The lowest BCUT2D eigenvalue weighted by atomic mass is 10.2. The Bertz CT molecular complexity index is 797. The van der Waals surface area contributed by atoms with Crippen LogP contribution in [0.25, 0.3) is 0 Å². The predicted molar refractivity (Wildman–Crippen MR) is 118 cm³/mol. The van der Waals surface area contributed by atoms with Crippen molar-refractivity contribution < 1.29 is 28.5 Å². The highest BCUT2D eigenvalue weighted by Gasteiger charge is 2.09. The van der Waals surface area contributed by atoms with E-state index in [1.807, 2.05) is 50.2 Å². The number of rotatable bonds is 11. The molecule has 0 bridgehead atoms. The van der Waals surface area contributed by atoms with Crippen molar-refractivity contribution in [1.29, 1.82) is 0 Å². The van der Waals surface area contributed by atoms with E-state index in [0.29, 0.717) is 24.7 Å². The maximum atomic E-state index is 11.4. The van der Waals surface area contributed by atoms with Crippen molar-refractivity contribution in [3.63, 3.8) is 0 Å². The first-order valence-electron chi connectivity index (χ1n) is 9.55. The van der Waals surface area contributed by atoms with E-state index in [9.17, 15) is 9.59 Å². The normalized spacial score (nSPS) is 10.4. The molecular weight excluding hydrogens is 424 g/mol. The fourth-order valence-electron chi connectivity index (χ4n) is 2.45. The Morgan fingerprint density at radius 1 is 0.733 bits per heavy atom. The molecule has 0 N–H and O–H groups in total. The molecule has 30 heavy (non-hydrogen) atoms. The molecule has 0 saturated heterocycles. The molecule has 6 nitrogen and oxygen atoms in total. The van der Waals surface area contributed by atoms with Crippen LogP contribution in [0.5, 0.6) is 11.5 Å². The third-order valence-electron chi connectivity index (χ3n) is 3.83. The number of benzene rings is 2. The molecule has 2 aromatic carbocycles. The van der Waals surface area contributed by atoms with Gasteiger partial charge in [0.05, 0.1) is 13.2 Å². The zero-order valence-corrected chi connectivity index (χ0v) is 19.2. The summed E-state index contributed by atoms with van der Waals surface area (Å²) in [5.74, 6) is 0.569. The second-order valence-corrected chi connectivity index (χ2v) is 8.48. The molecule has 0 atom stereocenters. The van der Waals surface area contributed by atoms with Crippen LogP contribution in [0.15, 0.2) is 46.2 Å². The Labute approximate surface area is 185 Å². The molecule has 0 aliphatic carbocycles. The average molecular weight is 451 g/mol. The number of carbonyl (C=O) groups excluding carboxylic acids is 2. The van der Waals surface area contributed by atoms with Crippen LogP contribution in [-0.2, 0) is 19.1 Å². The van der Waals surface area contributed by atoms with Gasteiger partial charge in [0.2, 0.25) is 0 Å². The van der Waals surface area contributed by atoms with Crippen LogP contribution >= 0.6 is 21.6 Å². The predicted octanol–water partition coefficient (Wildman–Crippen LogP) is 4.99. The van der Waals surface area contributed by atoms with Gasteiger partial charge in [0.15, 0.2) is 13.2 Å². The van der Waals surface area contributed by atoms with Gasteiger partial charge in [-0.2, -0.15) is 0 Å². The third kappa shape index (κ3) is 7.84. The highest BCUT2D eigenvalue weighted by atomic mass is 33.1. The van der Waals surface area contributed by atoms with Gasteiger partial charge in [-0.25, -0.2) is 9.59 Å². The van der Waals surface area contributed by atoms with E-state index in [4.69, 9.17) is 18.9 Å². The summed E-state index contributed by atoms with van der Waals surface area (Å²) in [6, 6.07) is 11.7. The lowest BCUT2D eigenvalue weighted by molar-refractivity contribution is -0.146. The van der Waals surface area contributed by atoms with Crippen molar-refractivity contribution in [3.05, 3.63) is 47.5 Å². The van der Waals surface area contributed by atoms with Gasteiger partial charge in [0.25, 0.3) is 0 Å². The zero-order chi connectivity index (χ0) is 21.9. The van der Waals surface area contributed by atoms with E-state index in [1.54, 1.807) is 35.4 Å². The highest BCUT2D eigenvalue weighted by Crippen LogP contribution is 2.40. The summed E-state index contributed by atoms with van der Waals surface area (Å²) < 4.78 is 20.8. The maximum absolute atomic E-state index is 11.4. The van der Waals surface area contributed by atoms with Crippen molar-refractivity contribution in [1.82, 2.24) is 0 Å². The van der Waals surface area contributed by atoms with Gasteiger partial charge in [-0.05, 0) is 75.2 Å². The van der Waals surface area contributed by atoms with E-state index in [-0.39, 0.29) is 25.2 Å². The summed E-state index contributed by atoms with van der Waals surface area (Å²) in [4.78, 5) is 25.0. The molecule has 0 saturated carbocycles. The Morgan fingerprint density at radius 3 is 1.47 bits per heavy atom. The zero-order valence-electron chi connectivity index (χ0n) is 17.6. The van der Waals surface area contributed by atoms with E-state index in [0.717, 1.165) is 20.9 Å². The molecule has 0 heterocycles. The first kappa shape index (κ1) is 24.0. The smallest absolute Gasteiger partial charge is 0.344 e. The molecular formula is C22H26O6S2. The molecule has 0 fully saturated rings. The van der Waals surface area contributed by atoms with Crippen molar-refractivity contribution in [2.45, 2.75) is 37.5 Å². The van der Waals surface area contributed by atoms with Crippen molar-refractivity contribution in [2.24, 2.45) is 0 Å². The second-order valence-electron chi connectivity index (χ2n) is 6.21. The number of hydrogen-bond acceptors (Lipinski definition) is 8. The van der Waals surface area contributed by atoms with Gasteiger partial charge in [0.1, 0.15) is 11.5 Å². The molecule has 0 amide bonds. The molecule has 2 rings (SSSR count). The van der Waals surface area contributed by atoms with Crippen LogP contribution < -0.4 is 9.47 Å². The first-order chi connectivity index (χ1) is 14.4. The Morgan fingerprint density at radius 2 is 1.13 bits per heavy atom. The molecule has 0 radical (unpaired) electrons. The molecule has 8 heteroatoms. The van der Waals surface area contributed by atoms with Crippen molar-refractivity contribution in [3.8, 4) is 11.5 Å². The molecule has 0 aliphatic heterocycles. The topological polar surface area (TPSA) is 71.1 Å². The quantitative estimate of drug-likeness (QED) is 0.350. The summed E-state index contributed by atoms with van der Waals surface area (Å²) in [6.07, 6.45) is 0. The minimum atomic E-state index is -0.379. The SMILES string of the molecule is CCOC(=O)COc1ccc(SSc2ccc(OCC(=O)OCC)c(C)c2)cc1C. The van der Waals surface area contributed by atoms with Crippen LogP contribution in [0.4, 0.5) is 0 Å². The van der Waals surface area contributed by atoms with E-state index >= 15 is 0 Å². The fraction of sp³-hybridized carbons (Fsp3) is 0.364. The number of hydrogen-bond donors (Lipinski definition) is 0. The molecule has 0 spiro atoms.